The molecule has 0 spiro atoms. The Morgan fingerprint density at radius 3 is 2.85 bits per heavy atom. The van der Waals surface area contributed by atoms with Crippen LogP contribution in [0.4, 0.5) is 0 Å². The van der Waals surface area contributed by atoms with Gasteiger partial charge in [-0.2, -0.15) is 0 Å². The van der Waals surface area contributed by atoms with Crippen LogP contribution in [0.1, 0.15) is 6.42 Å². The molecule has 6 nitrogen and oxygen atoms in total. The minimum absolute atomic E-state index is 0.182. The van der Waals surface area contributed by atoms with E-state index < -0.39 is 12.1 Å². The molecule has 2 unspecified atom stereocenters. The Morgan fingerprint density at radius 2 is 2.38 bits per heavy atom. The number of guanidine groups is 1. The zero-order chi connectivity index (χ0) is 9.84. The van der Waals surface area contributed by atoms with Crippen LogP contribution in [0.3, 0.4) is 0 Å². The zero-order valence-corrected chi connectivity index (χ0v) is 7.32. The third kappa shape index (κ3) is 2.40. The van der Waals surface area contributed by atoms with Gasteiger partial charge in [-0.15, -0.1) is 0 Å². The molecule has 1 aliphatic heterocycles. The van der Waals surface area contributed by atoms with E-state index in [0.717, 1.165) is 0 Å². The van der Waals surface area contributed by atoms with Gasteiger partial charge in [0.05, 0.1) is 12.7 Å². The Kier molecular flexibility index (Phi) is 3.21. The number of nitrogens with one attached hydrogen (secondary N) is 2. The molecule has 13 heavy (non-hydrogen) atoms. The number of carbonyl (C=O) groups excluding carboxylic acids is 1. The highest BCUT2D eigenvalue weighted by Gasteiger charge is 2.29. The highest BCUT2D eigenvalue weighted by molar-refractivity contribution is 6.06. The average Bonchev–Trinajstić information content (AvgIpc) is 2.47. The highest BCUT2D eigenvalue weighted by atomic mass is 16.3. The molecule has 0 bridgehead atoms. The van der Waals surface area contributed by atoms with Gasteiger partial charge in [-0.05, 0) is 0 Å². The summed E-state index contributed by atoms with van der Waals surface area (Å²) in [4.78, 5) is 14.9. The maximum Gasteiger partial charge on any atom is 0.249 e. The van der Waals surface area contributed by atoms with E-state index in [0.29, 0.717) is 5.96 Å². The fraction of sp³-hybridized carbons (Fsp3) is 0.714. The molecule has 0 aromatic carbocycles. The first-order valence-electron chi connectivity index (χ1n) is 4.00. The molecule has 0 aliphatic carbocycles. The monoisotopic (exact) mass is 187 g/mol. The van der Waals surface area contributed by atoms with Gasteiger partial charge in [-0.3, -0.25) is 15.1 Å². The van der Waals surface area contributed by atoms with Gasteiger partial charge in [0.25, 0.3) is 0 Å². The standard InChI is InChI=1S/C7H13N3O3/c1-8-7-9-5(6(13)10-7)2-4(12)3-11/h4-5,11-12H,2-3H2,1H3,(H2,8,9,10,13). The molecule has 1 aliphatic rings. The molecule has 0 aromatic rings. The Balaban J connectivity index is 2.48. The SMILES string of the molecule is CN=C1NC(=O)C(CC(O)CO)N1. The number of nitrogens with zero attached hydrogens (tertiary/aromatic N) is 1. The first kappa shape index (κ1) is 9.94. The van der Waals surface area contributed by atoms with Crippen molar-refractivity contribution in [3.05, 3.63) is 0 Å². The number of carbonyl (C=O) groups is 1. The Bertz CT molecular complexity index is 229. The maximum absolute atomic E-state index is 11.1. The van der Waals surface area contributed by atoms with Crippen molar-refractivity contribution in [1.29, 1.82) is 0 Å². The molecular weight excluding hydrogens is 174 g/mol. The van der Waals surface area contributed by atoms with Gasteiger partial charge >= 0.3 is 0 Å². The Labute approximate surface area is 75.7 Å². The number of hydrogen-bond acceptors (Lipinski definition) is 4. The van der Waals surface area contributed by atoms with Gasteiger partial charge in [0, 0.05) is 13.5 Å². The van der Waals surface area contributed by atoms with E-state index in [1.807, 2.05) is 0 Å². The van der Waals surface area contributed by atoms with E-state index in [1.165, 1.54) is 0 Å². The van der Waals surface area contributed by atoms with Crippen molar-refractivity contribution >= 4 is 11.9 Å². The van der Waals surface area contributed by atoms with Crippen LogP contribution in [0.2, 0.25) is 0 Å². The van der Waals surface area contributed by atoms with Crippen LogP contribution in [0.15, 0.2) is 4.99 Å². The minimum atomic E-state index is -0.876. The predicted octanol–water partition coefficient (Wildman–Crippen LogP) is -2.20. The average molecular weight is 187 g/mol. The number of aliphatic hydroxyl groups excluding tert-OH is 2. The van der Waals surface area contributed by atoms with Crippen molar-refractivity contribution in [2.45, 2.75) is 18.6 Å². The van der Waals surface area contributed by atoms with Gasteiger partial charge in [0.2, 0.25) is 5.91 Å². The molecule has 1 heterocycles. The van der Waals surface area contributed by atoms with Crippen molar-refractivity contribution in [2.75, 3.05) is 13.7 Å². The van der Waals surface area contributed by atoms with Gasteiger partial charge in [-0.1, -0.05) is 0 Å². The van der Waals surface area contributed by atoms with E-state index in [1.54, 1.807) is 7.05 Å². The normalized spacial score (nSPS) is 27.2. The largest absolute Gasteiger partial charge is 0.394 e. The van der Waals surface area contributed by atoms with Crippen LogP contribution in [0.5, 0.6) is 0 Å². The summed E-state index contributed by atoms with van der Waals surface area (Å²) in [5.74, 6) is 0.174. The summed E-state index contributed by atoms with van der Waals surface area (Å²) in [6.07, 6.45) is -0.694. The highest BCUT2D eigenvalue weighted by Crippen LogP contribution is 2.02. The molecule has 6 heteroatoms. The fourth-order valence-corrected chi connectivity index (χ4v) is 1.10. The quantitative estimate of drug-likeness (QED) is 0.403. The molecule has 1 rings (SSSR count). The third-order valence-electron chi connectivity index (χ3n) is 1.81. The second-order valence-electron chi connectivity index (χ2n) is 2.83. The van der Waals surface area contributed by atoms with Crippen LogP contribution in [0, 0.1) is 0 Å². The lowest BCUT2D eigenvalue weighted by atomic mass is 10.1. The Hall–Kier alpha value is -1.14. The van der Waals surface area contributed by atoms with Crippen molar-refractivity contribution in [3.63, 3.8) is 0 Å². The molecule has 2 atom stereocenters. The number of rotatable bonds is 3. The molecule has 0 radical (unpaired) electrons. The predicted molar refractivity (Wildman–Crippen MR) is 46.1 cm³/mol. The lowest BCUT2D eigenvalue weighted by Crippen LogP contribution is -2.34. The van der Waals surface area contributed by atoms with E-state index in [2.05, 4.69) is 15.6 Å². The first-order chi connectivity index (χ1) is 6.17. The number of amides is 1. The molecule has 1 saturated heterocycles. The number of aliphatic hydroxyl groups is 2. The van der Waals surface area contributed by atoms with E-state index >= 15 is 0 Å². The van der Waals surface area contributed by atoms with Gasteiger partial charge in [0.1, 0.15) is 6.04 Å². The molecule has 74 valence electrons. The van der Waals surface area contributed by atoms with E-state index in [-0.39, 0.29) is 18.9 Å². The summed E-state index contributed by atoms with van der Waals surface area (Å²) in [6.45, 7) is -0.343. The molecular formula is C7H13N3O3. The van der Waals surface area contributed by atoms with E-state index in [4.69, 9.17) is 10.2 Å². The summed E-state index contributed by atoms with van der Waals surface area (Å²) in [5.41, 5.74) is 0. The summed E-state index contributed by atoms with van der Waals surface area (Å²) in [6, 6.07) is -0.499. The van der Waals surface area contributed by atoms with Gasteiger partial charge in [0.15, 0.2) is 5.96 Å². The summed E-state index contributed by atoms with van der Waals surface area (Å²) in [7, 11) is 1.55. The molecule has 4 N–H and O–H groups in total. The van der Waals surface area contributed by atoms with Crippen LogP contribution in [-0.2, 0) is 4.79 Å². The van der Waals surface area contributed by atoms with Crippen LogP contribution < -0.4 is 10.6 Å². The Morgan fingerprint density at radius 1 is 1.69 bits per heavy atom. The number of aliphatic imine (C=N–C) groups is 1. The maximum atomic E-state index is 11.1. The van der Waals surface area contributed by atoms with Gasteiger partial charge < -0.3 is 15.5 Å². The minimum Gasteiger partial charge on any atom is -0.394 e. The lowest BCUT2D eigenvalue weighted by molar-refractivity contribution is -0.120. The van der Waals surface area contributed by atoms with Crippen LogP contribution in [0.25, 0.3) is 0 Å². The van der Waals surface area contributed by atoms with Crippen LogP contribution in [-0.4, -0.2) is 47.9 Å². The summed E-state index contributed by atoms with van der Waals surface area (Å²) >= 11 is 0. The van der Waals surface area contributed by atoms with Crippen molar-refractivity contribution in [1.82, 2.24) is 10.6 Å². The second kappa shape index (κ2) is 4.20. The van der Waals surface area contributed by atoms with Crippen molar-refractivity contribution in [2.24, 2.45) is 4.99 Å². The summed E-state index contributed by atoms with van der Waals surface area (Å²) < 4.78 is 0. The number of hydrogen-bond donors (Lipinski definition) is 4. The second-order valence-corrected chi connectivity index (χ2v) is 2.83. The first-order valence-corrected chi connectivity index (χ1v) is 4.00. The third-order valence-corrected chi connectivity index (χ3v) is 1.81. The zero-order valence-electron chi connectivity index (χ0n) is 7.32. The van der Waals surface area contributed by atoms with Crippen LogP contribution >= 0.6 is 0 Å². The smallest absolute Gasteiger partial charge is 0.249 e. The van der Waals surface area contributed by atoms with E-state index in [9.17, 15) is 4.79 Å². The topological polar surface area (TPSA) is 94.0 Å². The lowest BCUT2D eigenvalue weighted by Gasteiger charge is -2.10. The van der Waals surface area contributed by atoms with Crippen molar-refractivity contribution < 1.29 is 15.0 Å². The van der Waals surface area contributed by atoms with Gasteiger partial charge in [-0.25, -0.2) is 0 Å². The molecule has 1 amide bonds. The fourth-order valence-electron chi connectivity index (χ4n) is 1.10. The molecule has 0 aromatic heterocycles. The summed E-state index contributed by atoms with van der Waals surface area (Å²) in [5, 5.41) is 22.9. The molecule has 1 fully saturated rings. The van der Waals surface area contributed by atoms with Crippen molar-refractivity contribution in [3.8, 4) is 0 Å². The molecule has 0 saturated carbocycles.